The van der Waals surface area contributed by atoms with E-state index < -0.39 is 0 Å². The summed E-state index contributed by atoms with van der Waals surface area (Å²) in [6, 6.07) is 12.9. The summed E-state index contributed by atoms with van der Waals surface area (Å²) in [5.41, 5.74) is 1.30. The van der Waals surface area contributed by atoms with E-state index in [0.717, 1.165) is 5.56 Å². The van der Waals surface area contributed by atoms with Crippen molar-refractivity contribution >= 4 is 11.8 Å². The fourth-order valence-electron chi connectivity index (χ4n) is 2.15. The third-order valence-electron chi connectivity index (χ3n) is 3.41. The number of hydrogen-bond acceptors (Lipinski definition) is 3. The predicted octanol–water partition coefficient (Wildman–Crippen LogP) is 1.92. The van der Waals surface area contributed by atoms with Gasteiger partial charge in [0, 0.05) is 6.54 Å². The maximum absolute atomic E-state index is 12.8. The van der Waals surface area contributed by atoms with E-state index in [-0.39, 0.29) is 24.2 Å². The van der Waals surface area contributed by atoms with Crippen molar-refractivity contribution in [3.8, 4) is 5.75 Å². The third-order valence-corrected chi connectivity index (χ3v) is 3.41. The van der Waals surface area contributed by atoms with Crippen LogP contribution < -0.4 is 15.4 Å². The highest BCUT2D eigenvalue weighted by atomic mass is 19.1. The molecule has 126 valence electrons. The van der Waals surface area contributed by atoms with Gasteiger partial charge in [-0.25, -0.2) is 4.39 Å². The maximum Gasteiger partial charge on any atom is 0.255 e. The lowest BCUT2D eigenvalue weighted by atomic mass is 10.1. The van der Waals surface area contributed by atoms with Gasteiger partial charge in [-0.15, -0.1) is 0 Å². The van der Waals surface area contributed by atoms with Crippen molar-refractivity contribution in [2.24, 2.45) is 0 Å². The van der Waals surface area contributed by atoms with Gasteiger partial charge < -0.3 is 15.4 Å². The average molecular weight is 330 g/mol. The molecule has 0 atom stereocenters. The van der Waals surface area contributed by atoms with Crippen molar-refractivity contribution in [3.05, 3.63) is 65.5 Å². The van der Waals surface area contributed by atoms with Crippen molar-refractivity contribution in [1.82, 2.24) is 10.6 Å². The van der Waals surface area contributed by atoms with Crippen LogP contribution >= 0.6 is 0 Å². The largest absolute Gasteiger partial charge is 0.496 e. The molecule has 0 aliphatic heterocycles. The first kappa shape index (κ1) is 17.5. The molecule has 2 aromatic rings. The molecule has 0 spiro atoms. The van der Waals surface area contributed by atoms with Crippen molar-refractivity contribution in [1.29, 1.82) is 0 Å². The molecule has 2 aromatic carbocycles. The second kappa shape index (κ2) is 8.67. The molecule has 5 nitrogen and oxygen atoms in total. The minimum absolute atomic E-state index is 0.125. The van der Waals surface area contributed by atoms with Crippen molar-refractivity contribution < 1.29 is 18.7 Å². The van der Waals surface area contributed by atoms with Crippen molar-refractivity contribution in [3.63, 3.8) is 0 Å². The van der Waals surface area contributed by atoms with Crippen LogP contribution in [-0.4, -0.2) is 32.0 Å². The summed E-state index contributed by atoms with van der Waals surface area (Å²) in [6.07, 6.45) is 0.590. The number of hydrogen-bond donors (Lipinski definition) is 2. The number of benzene rings is 2. The van der Waals surface area contributed by atoms with Crippen LogP contribution in [0, 0.1) is 5.82 Å². The maximum atomic E-state index is 12.8. The molecule has 2 amide bonds. The minimum Gasteiger partial charge on any atom is -0.496 e. The fourth-order valence-corrected chi connectivity index (χ4v) is 2.15. The molecule has 0 aliphatic rings. The lowest BCUT2D eigenvalue weighted by Crippen LogP contribution is -2.37. The first-order valence-corrected chi connectivity index (χ1v) is 7.52. The second-order valence-corrected chi connectivity index (χ2v) is 5.11. The third kappa shape index (κ3) is 5.08. The highest BCUT2D eigenvalue weighted by Crippen LogP contribution is 2.16. The average Bonchev–Trinajstić information content (AvgIpc) is 2.61. The molecule has 0 radical (unpaired) electrons. The summed E-state index contributed by atoms with van der Waals surface area (Å²) in [6.45, 7) is 0.287. The molecule has 2 N–H and O–H groups in total. The summed E-state index contributed by atoms with van der Waals surface area (Å²) in [5, 5.41) is 5.25. The highest BCUT2D eigenvalue weighted by molar-refractivity contribution is 5.98. The summed E-state index contributed by atoms with van der Waals surface area (Å²) in [5.74, 6) is -0.505. The summed E-state index contributed by atoms with van der Waals surface area (Å²) in [7, 11) is 1.48. The molecule has 0 fully saturated rings. The Labute approximate surface area is 139 Å². The molecule has 0 bridgehead atoms. The van der Waals surface area contributed by atoms with Crippen LogP contribution in [0.1, 0.15) is 15.9 Å². The predicted molar refractivity (Wildman–Crippen MR) is 88.4 cm³/mol. The van der Waals surface area contributed by atoms with Crippen LogP contribution in [0.5, 0.6) is 5.75 Å². The Balaban J connectivity index is 1.74. The van der Waals surface area contributed by atoms with Gasteiger partial charge in [-0.1, -0.05) is 24.3 Å². The quantitative estimate of drug-likeness (QED) is 0.815. The van der Waals surface area contributed by atoms with E-state index in [1.807, 2.05) is 0 Å². The molecule has 0 aliphatic carbocycles. The number of carbonyl (C=O) groups is 2. The van der Waals surface area contributed by atoms with E-state index in [0.29, 0.717) is 24.3 Å². The molecule has 0 heterocycles. The van der Waals surface area contributed by atoms with Crippen LogP contribution in [0.2, 0.25) is 0 Å². The molecule has 6 heteroatoms. The first-order valence-electron chi connectivity index (χ1n) is 7.52. The van der Waals surface area contributed by atoms with Gasteiger partial charge in [-0.3, -0.25) is 9.59 Å². The topological polar surface area (TPSA) is 67.4 Å². The monoisotopic (exact) mass is 330 g/mol. The first-order chi connectivity index (χ1) is 11.6. The van der Waals surface area contributed by atoms with Crippen LogP contribution in [0.15, 0.2) is 48.5 Å². The zero-order valence-corrected chi connectivity index (χ0v) is 13.3. The van der Waals surface area contributed by atoms with Gasteiger partial charge in [-0.2, -0.15) is 0 Å². The normalized spacial score (nSPS) is 10.1. The van der Waals surface area contributed by atoms with E-state index in [2.05, 4.69) is 10.6 Å². The molecule has 24 heavy (non-hydrogen) atoms. The molecular formula is C18H19FN2O3. The summed E-state index contributed by atoms with van der Waals surface area (Å²) >= 11 is 0. The van der Waals surface area contributed by atoms with Crippen molar-refractivity contribution in [2.45, 2.75) is 6.42 Å². The minimum atomic E-state index is -0.374. The van der Waals surface area contributed by atoms with E-state index in [1.165, 1.54) is 19.2 Å². The Kier molecular flexibility index (Phi) is 6.31. The van der Waals surface area contributed by atoms with Gasteiger partial charge in [0.05, 0.1) is 19.2 Å². The number of amides is 2. The Morgan fingerprint density at radius 3 is 2.46 bits per heavy atom. The van der Waals surface area contributed by atoms with Gasteiger partial charge >= 0.3 is 0 Å². The number of para-hydroxylation sites is 1. The lowest BCUT2D eigenvalue weighted by molar-refractivity contribution is -0.120. The lowest BCUT2D eigenvalue weighted by Gasteiger charge is -2.09. The zero-order chi connectivity index (χ0) is 17.4. The van der Waals surface area contributed by atoms with Gasteiger partial charge in [0.1, 0.15) is 11.6 Å². The number of methoxy groups -OCH3 is 1. The summed E-state index contributed by atoms with van der Waals surface area (Å²) < 4.78 is 17.9. The fraction of sp³-hybridized carbons (Fsp3) is 0.222. The van der Waals surface area contributed by atoms with E-state index in [9.17, 15) is 14.0 Å². The highest BCUT2D eigenvalue weighted by Gasteiger charge is 2.12. The zero-order valence-electron chi connectivity index (χ0n) is 13.3. The molecule has 0 saturated heterocycles. The van der Waals surface area contributed by atoms with E-state index in [1.54, 1.807) is 36.4 Å². The standard InChI is InChI=1S/C18H19FN2O3/c1-24-16-5-3-2-4-15(16)18(23)21-12-17(22)20-11-10-13-6-8-14(19)9-7-13/h2-9H,10-12H2,1H3,(H,20,22)(H,21,23). The molecule has 2 rings (SSSR count). The van der Waals surface area contributed by atoms with Crippen LogP contribution in [0.25, 0.3) is 0 Å². The Hall–Kier alpha value is -2.89. The molecule has 0 saturated carbocycles. The van der Waals surface area contributed by atoms with Gasteiger partial charge in [-0.05, 0) is 36.2 Å². The Morgan fingerprint density at radius 2 is 1.75 bits per heavy atom. The van der Waals surface area contributed by atoms with Gasteiger partial charge in [0.25, 0.3) is 5.91 Å². The van der Waals surface area contributed by atoms with Crippen LogP contribution in [0.3, 0.4) is 0 Å². The molecule has 0 aromatic heterocycles. The van der Waals surface area contributed by atoms with Gasteiger partial charge in [0.15, 0.2) is 0 Å². The number of carbonyl (C=O) groups excluding carboxylic acids is 2. The Bertz CT molecular complexity index is 702. The van der Waals surface area contributed by atoms with Crippen LogP contribution in [-0.2, 0) is 11.2 Å². The van der Waals surface area contributed by atoms with Gasteiger partial charge in [0.2, 0.25) is 5.91 Å². The van der Waals surface area contributed by atoms with E-state index >= 15 is 0 Å². The van der Waals surface area contributed by atoms with Crippen LogP contribution in [0.4, 0.5) is 4.39 Å². The molecular weight excluding hydrogens is 311 g/mol. The van der Waals surface area contributed by atoms with E-state index in [4.69, 9.17) is 4.74 Å². The van der Waals surface area contributed by atoms with Crippen molar-refractivity contribution in [2.75, 3.05) is 20.2 Å². The summed E-state index contributed by atoms with van der Waals surface area (Å²) in [4.78, 5) is 23.8. The SMILES string of the molecule is COc1ccccc1C(=O)NCC(=O)NCCc1ccc(F)cc1. The second-order valence-electron chi connectivity index (χ2n) is 5.11. The number of ether oxygens (including phenoxy) is 1. The number of nitrogens with one attached hydrogen (secondary N) is 2. The Morgan fingerprint density at radius 1 is 1.04 bits per heavy atom. The smallest absolute Gasteiger partial charge is 0.255 e. The number of halogens is 1. The molecule has 0 unspecified atom stereocenters. The number of rotatable bonds is 7.